The molecule has 0 unspecified atom stereocenters. The lowest BCUT2D eigenvalue weighted by atomic mass is 9.80. The van der Waals surface area contributed by atoms with Crippen molar-refractivity contribution in [3.05, 3.63) is 24.3 Å². The number of nitrogens with two attached hydrogens (primary N) is 1. The Morgan fingerprint density at radius 2 is 1.89 bits per heavy atom. The van der Waals surface area contributed by atoms with E-state index in [1.54, 1.807) is 19.1 Å². The summed E-state index contributed by atoms with van der Waals surface area (Å²) in [5.74, 6) is 0.509. The Balaban J connectivity index is 2.30. The third-order valence-electron chi connectivity index (χ3n) is 4.04. The van der Waals surface area contributed by atoms with E-state index in [0.717, 1.165) is 5.69 Å². The molecule has 1 aromatic rings. The maximum Gasteiger partial charge on any atom is 0.180 e. The molecule has 4 nitrogen and oxygen atoms in total. The zero-order valence-corrected chi connectivity index (χ0v) is 12.6. The fourth-order valence-electron chi connectivity index (χ4n) is 2.34. The molecule has 1 fully saturated rings. The maximum atomic E-state index is 12.1. The summed E-state index contributed by atoms with van der Waals surface area (Å²) in [6.45, 7) is 7.30. The van der Waals surface area contributed by atoms with Crippen molar-refractivity contribution >= 4 is 15.5 Å². The number of anilines is 1. The Kier molecular flexibility index (Phi) is 3.62. The number of para-hydroxylation sites is 1. The summed E-state index contributed by atoms with van der Waals surface area (Å²) < 4.78 is 24.2. The highest BCUT2D eigenvalue weighted by atomic mass is 32.2. The average Bonchev–Trinajstić information content (AvgIpc) is 2.34. The molecule has 0 saturated carbocycles. The van der Waals surface area contributed by atoms with E-state index in [1.807, 2.05) is 12.1 Å². The van der Waals surface area contributed by atoms with E-state index in [4.69, 9.17) is 5.73 Å². The maximum absolute atomic E-state index is 12.1. The number of nitrogens with zero attached hydrogens (tertiary/aromatic N) is 1. The summed E-state index contributed by atoms with van der Waals surface area (Å²) in [7, 11) is -3.19. The van der Waals surface area contributed by atoms with Gasteiger partial charge >= 0.3 is 0 Å². The van der Waals surface area contributed by atoms with Crippen LogP contribution >= 0.6 is 0 Å². The standard InChI is InChI=1S/C14H22N2O2S/c1-4-19(17,18)13-8-6-5-7-12(13)16-9-14(15,10-16)11(2)3/h5-8,11H,4,9-10,15H2,1-3H3. The quantitative estimate of drug-likeness (QED) is 0.912. The van der Waals surface area contributed by atoms with Gasteiger partial charge in [-0.3, -0.25) is 0 Å². The van der Waals surface area contributed by atoms with Crippen molar-refractivity contribution in [1.82, 2.24) is 0 Å². The Morgan fingerprint density at radius 3 is 2.42 bits per heavy atom. The van der Waals surface area contributed by atoms with Gasteiger partial charge in [-0.25, -0.2) is 8.42 Å². The molecule has 0 spiro atoms. The van der Waals surface area contributed by atoms with Gasteiger partial charge in [0.2, 0.25) is 0 Å². The summed E-state index contributed by atoms with van der Waals surface area (Å²) in [5, 5.41) is 0. The highest BCUT2D eigenvalue weighted by Gasteiger charge is 2.43. The first-order valence-electron chi connectivity index (χ1n) is 6.66. The second-order valence-corrected chi connectivity index (χ2v) is 7.86. The SMILES string of the molecule is CCS(=O)(=O)c1ccccc1N1CC(N)(C(C)C)C1. The van der Waals surface area contributed by atoms with Crippen LogP contribution in [0.15, 0.2) is 29.2 Å². The smallest absolute Gasteiger partial charge is 0.180 e. The van der Waals surface area contributed by atoms with Gasteiger partial charge in [-0.2, -0.15) is 0 Å². The van der Waals surface area contributed by atoms with Gasteiger partial charge in [0.25, 0.3) is 0 Å². The van der Waals surface area contributed by atoms with Crippen LogP contribution in [0.25, 0.3) is 0 Å². The minimum absolute atomic E-state index is 0.121. The van der Waals surface area contributed by atoms with Gasteiger partial charge in [-0.1, -0.05) is 32.9 Å². The van der Waals surface area contributed by atoms with E-state index in [0.29, 0.717) is 23.9 Å². The lowest BCUT2D eigenvalue weighted by Gasteiger charge is -2.52. The Hall–Kier alpha value is -1.07. The van der Waals surface area contributed by atoms with E-state index in [9.17, 15) is 8.42 Å². The minimum Gasteiger partial charge on any atom is -0.367 e. The first-order valence-corrected chi connectivity index (χ1v) is 8.31. The third-order valence-corrected chi connectivity index (χ3v) is 5.82. The number of hydrogen-bond acceptors (Lipinski definition) is 4. The molecular weight excluding hydrogens is 260 g/mol. The van der Waals surface area contributed by atoms with Gasteiger partial charge in [-0.05, 0) is 18.1 Å². The highest BCUT2D eigenvalue weighted by Crippen LogP contribution is 2.35. The molecule has 1 aliphatic rings. The highest BCUT2D eigenvalue weighted by molar-refractivity contribution is 7.91. The predicted molar refractivity (Wildman–Crippen MR) is 78.1 cm³/mol. The van der Waals surface area contributed by atoms with Gasteiger partial charge in [0.15, 0.2) is 9.84 Å². The fourth-order valence-corrected chi connectivity index (χ4v) is 3.45. The lowest BCUT2D eigenvalue weighted by molar-refractivity contribution is 0.244. The van der Waals surface area contributed by atoms with Crippen molar-refractivity contribution in [2.75, 3.05) is 23.7 Å². The molecule has 19 heavy (non-hydrogen) atoms. The van der Waals surface area contributed by atoms with Crippen molar-refractivity contribution in [1.29, 1.82) is 0 Å². The van der Waals surface area contributed by atoms with Crippen molar-refractivity contribution < 1.29 is 8.42 Å². The van der Waals surface area contributed by atoms with Crippen LogP contribution in [-0.4, -0.2) is 32.8 Å². The number of sulfone groups is 1. The zero-order chi connectivity index (χ0) is 14.3. The van der Waals surface area contributed by atoms with E-state index in [1.165, 1.54) is 0 Å². The zero-order valence-electron chi connectivity index (χ0n) is 11.8. The van der Waals surface area contributed by atoms with Gasteiger partial charge in [-0.15, -0.1) is 0 Å². The van der Waals surface area contributed by atoms with Gasteiger partial charge < -0.3 is 10.6 Å². The molecule has 0 aromatic heterocycles. The summed E-state index contributed by atoms with van der Waals surface area (Å²) in [4.78, 5) is 2.48. The van der Waals surface area contributed by atoms with Crippen molar-refractivity contribution in [3.8, 4) is 0 Å². The summed E-state index contributed by atoms with van der Waals surface area (Å²) in [6.07, 6.45) is 0. The third kappa shape index (κ3) is 2.49. The predicted octanol–water partition coefficient (Wildman–Crippen LogP) is 1.65. The molecular formula is C14H22N2O2S. The second kappa shape index (κ2) is 4.80. The van der Waals surface area contributed by atoms with Crippen molar-refractivity contribution in [3.63, 3.8) is 0 Å². The molecule has 0 atom stereocenters. The topological polar surface area (TPSA) is 63.4 Å². The number of hydrogen-bond donors (Lipinski definition) is 1. The summed E-state index contributed by atoms with van der Waals surface area (Å²) in [6, 6.07) is 7.18. The van der Waals surface area contributed by atoms with Crippen LogP contribution in [0.4, 0.5) is 5.69 Å². The summed E-state index contributed by atoms with van der Waals surface area (Å²) in [5.41, 5.74) is 6.85. The molecule has 0 aliphatic carbocycles. The Bertz CT molecular complexity index is 561. The van der Waals surface area contributed by atoms with Gasteiger partial charge in [0, 0.05) is 13.1 Å². The number of benzene rings is 1. The van der Waals surface area contributed by atoms with Crippen LogP contribution in [0.5, 0.6) is 0 Å². The molecule has 2 rings (SSSR count). The van der Waals surface area contributed by atoms with Crippen molar-refractivity contribution in [2.24, 2.45) is 11.7 Å². The lowest BCUT2D eigenvalue weighted by Crippen LogP contribution is -2.70. The van der Waals surface area contributed by atoms with Crippen LogP contribution in [-0.2, 0) is 9.84 Å². The average molecular weight is 282 g/mol. The van der Waals surface area contributed by atoms with Crippen LogP contribution in [0.1, 0.15) is 20.8 Å². The van der Waals surface area contributed by atoms with Gasteiger partial charge in [0.1, 0.15) is 0 Å². The van der Waals surface area contributed by atoms with Crippen LogP contribution in [0.3, 0.4) is 0 Å². The monoisotopic (exact) mass is 282 g/mol. The van der Waals surface area contributed by atoms with E-state index >= 15 is 0 Å². The molecule has 1 saturated heterocycles. The van der Waals surface area contributed by atoms with Crippen LogP contribution < -0.4 is 10.6 Å². The normalized spacial score (nSPS) is 18.5. The van der Waals surface area contributed by atoms with Crippen LogP contribution in [0.2, 0.25) is 0 Å². The minimum atomic E-state index is -3.19. The van der Waals surface area contributed by atoms with E-state index in [-0.39, 0.29) is 11.3 Å². The van der Waals surface area contributed by atoms with E-state index < -0.39 is 9.84 Å². The molecule has 1 heterocycles. The van der Waals surface area contributed by atoms with E-state index in [2.05, 4.69) is 18.7 Å². The molecule has 106 valence electrons. The Morgan fingerprint density at radius 1 is 1.32 bits per heavy atom. The largest absolute Gasteiger partial charge is 0.367 e. The molecule has 1 aliphatic heterocycles. The molecule has 0 bridgehead atoms. The van der Waals surface area contributed by atoms with Crippen LogP contribution in [0, 0.1) is 5.92 Å². The molecule has 0 radical (unpaired) electrons. The number of rotatable bonds is 4. The Labute approximate surface area is 115 Å². The first-order chi connectivity index (χ1) is 8.80. The molecule has 0 amide bonds. The molecule has 2 N–H and O–H groups in total. The molecule has 1 aromatic carbocycles. The summed E-state index contributed by atoms with van der Waals surface area (Å²) >= 11 is 0. The van der Waals surface area contributed by atoms with Gasteiger partial charge in [0.05, 0.1) is 21.9 Å². The molecule has 5 heteroatoms. The fraction of sp³-hybridized carbons (Fsp3) is 0.571. The second-order valence-electron chi connectivity index (χ2n) is 5.62. The van der Waals surface area contributed by atoms with Crippen molar-refractivity contribution in [2.45, 2.75) is 31.2 Å². The first kappa shape index (κ1) is 14.3.